The third kappa shape index (κ3) is 5.35. The van der Waals surface area contributed by atoms with Gasteiger partial charge in [-0.1, -0.05) is 32.0 Å². The zero-order valence-electron chi connectivity index (χ0n) is 17.4. The van der Waals surface area contributed by atoms with E-state index in [2.05, 4.69) is 37.9 Å². The minimum absolute atomic E-state index is 0.280. The lowest BCUT2D eigenvalue weighted by Gasteiger charge is -2.21. The molecule has 0 unspecified atom stereocenters. The average Bonchev–Trinajstić information content (AvgIpc) is 2.69. The van der Waals surface area contributed by atoms with Crippen LogP contribution in [0.25, 0.3) is 0 Å². The quantitative estimate of drug-likeness (QED) is 0.669. The Balaban J connectivity index is 1.97. The maximum absolute atomic E-state index is 12.3. The zero-order valence-corrected chi connectivity index (χ0v) is 17.4. The SMILES string of the molecule is CCN(CC)c1ccc(C(=O)OCC(=O)Nc2c(C)cccc2C(C)C)cc1. The number of para-hydroxylation sites is 1. The van der Waals surface area contributed by atoms with Crippen molar-refractivity contribution in [1.29, 1.82) is 0 Å². The molecule has 0 atom stereocenters. The second kappa shape index (κ2) is 9.93. The Hall–Kier alpha value is -2.82. The van der Waals surface area contributed by atoms with Crippen molar-refractivity contribution in [3.8, 4) is 0 Å². The van der Waals surface area contributed by atoms with Crippen LogP contribution in [-0.2, 0) is 9.53 Å². The molecular weight excluding hydrogens is 352 g/mol. The van der Waals surface area contributed by atoms with Crippen LogP contribution >= 0.6 is 0 Å². The van der Waals surface area contributed by atoms with Gasteiger partial charge < -0.3 is 15.0 Å². The van der Waals surface area contributed by atoms with Gasteiger partial charge in [-0.25, -0.2) is 4.79 Å². The number of benzene rings is 2. The van der Waals surface area contributed by atoms with Crippen LogP contribution in [0.1, 0.15) is 55.1 Å². The fraction of sp³-hybridized carbons (Fsp3) is 0.391. The molecule has 0 heterocycles. The van der Waals surface area contributed by atoms with Gasteiger partial charge in [-0.3, -0.25) is 4.79 Å². The normalized spacial score (nSPS) is 10.6. The summed E-state index contributed by atoms with van der Waals surface area (Å²) < 4.78 is 5.19. The van der Waals surface area contributed by atoms with E-state index in [0.29, 0.717) is 5.56 Å². The predicted octanol–water partition coefficient (Wildman–Crippen LogP) is 4.76. The molecular formula is C23H30N2O3. The van der Waals surface area contributed by atoms with Crippen LogP contribution < -0.4 is 10.2 Å². The van der Waals surface area contributed by atoms with Crippen molar-refractivity contribution in [2.75, 3.05) is 29.9 Å². The monoisotopic (exact) mass is 382 g/mol. The number of carbonyl (C=O) groups excluding carboxylic acids is 2. The maximum atomic E-state index is 12.3. The first kappa shape index (κ1) is 21.5. The highest BCUT2D eigenvalue weighted by molar-refractivity contribution is 5.96. The summed E-state index contributed by atoms with van der Waals surface area (Å²) in [5, 5.41) is 2.88. The van der Waals surface area contributed by atoms with Crippen molar-refractivity contribution in [3.63, 3.8) is 0 Å². The number of carbonyl (C=O) groups is 2. The van der Waals surface area contributed by atoms with Crippen molar-refractivity contribution in [3.05, 3.63) is 59.2 Å². The second-order valence-electron chi connectivity index (χ2n) is 7.04. The fourth-order valence-electron chi connectivity index (χ4n) is 3.13. The van der Waals surface area contributed by atoms with Crippen LogP contribution in [0.5, 0.6) is 0 Å². The average molecular weight is 383 g/mol. The van der Waals surface area contributed by atoms with Crippen molar-refractivity contribution >= 4 is 23.3 Å². The molecule has 150 valence electrons. The van der Waals surface area contributed by atoms with Crippen molar-refractivity contribution in [2.45, 2.75) is 40.5 Å². The summed E-state index contributed by atoms with van der Waals surface area (Å²) in [4.78, 5) is 26.7. The Bertz CT molecular complexity index is 809. The van der Waals surface area contributed by atoms with Crippen molar-refractivity contribution < 1.29 is 14.3 Å². The molecule has 0 radical (unpaired) electrons. The number of anilines is 2. The van der Waals surface area contributed by atoms with Gasteiger partial charge in [0, 0.05) is 24.5 Å². The number of hydrogen-bond acceptors (Lipinski definition) is 4. The van der Waals surface area contributed by atoms with Crippen LogP contribution in [0.4, 0.5) is 11.4 Å². The largest absolute Gasteiger partial charge is 0.452 e. The Labute approximate surface area is 167 Å². The van der Waals surface area contributed by atoms with E-state index in [0.717, 1.165) is 35.6 Å². The fourth-order valence-corrected chi connectivity index (χ4v) is 3.13. The Morgan fingerprint density at radius 1 is 1.04 bits per heavy atom. The van der Waals surface area contributed by atoms with Gasteiger partial charge in [0.1, 0.15) is 0 Å². The summed E-state index contributed by atoms with van der Waals surface area (Å²) in [6.07, 6.45) is 0. The number of aryl methyl sites for hydroxylation is 1. The van der Waals surface area contributed by atoms with Gasteiger partial charge in [-0.05, 0) is 62.1 Å². The Morgan fingerprint density at radius 2 is 1.68 bits per heavy atom. The summed E-state index contributed by atoms with van der Waals surface area (Å²) in [6.45, 7) is 11.8. The number of hydrogen-bond donors (Lipinski definition) is 1. The molecule has 2 rings (SSSR count). The Morgan fingerprint density at radius 3 is 2.25 bits per heavy atom. The molecule has 5 nitrogen and oxygen atoms in total. The van der Waals surface area contributed by atoms with E-state index in [-0.39, 0.29) is 18.4 Å². The van der Waals surface area contributed by atoms with Crippen LogP contribution in [0.15, 0.2) is 42.5 Å². The molecule has 0 fully saturated rings. The Kier molecular flexibility index (Phi) is 7.61. The number of esters is 1. The number of ether oxygens (including phenoxy) is 1. The van der Waals surface area contributed by atoms with E-state index in [1.807, 2.05) is 37.3 Å². The number of amides is 1. The van der Waals surface area contributed by atoms with Gasteiger partial charge in [0.2, 0.25) is 0 Å². The summed E-state index contributed by atoms with van der Waals surface area (Å²) in [5.41, 5.74) is 4.33. The van der Waals surface area contributed by atoms with E-state index in [1.165, 1.54) is 0 Å². The third-order valence-corrected chi connectivity index (χ3v) is 4.76. The summed E-state index contributed by atoms with van der Waals surface area (Å²) in [6, 6.07) is 13.2. The van der Waals surface area contributed by atoms with Gasteiger partial charge in [-0.2, -0.15) is 0 Å². The molecule has 0 aromatic heterocycles. The van der Waals surface area contributed by atoms with E-state index in [9.17, 15) is 9.59 Å². The number of nitrogens with zero attached hydrogens (tertiary/aromatic N) is 1. The second-order valence-corrected chi connectivity index (χ2v) is 7.04. The first-order valence-electron chi connectivity index (χ1n) is 9.78. The lowest BCUT2D eigenvalue weighted by Crippen LogP contribution is -2.23. The maximum Gasteiger partial charge on any atom is 0.338 e. The third-order valence-electron chi connectivity index (χ3n) is 4.76. The van der Waals surface area contributed by atoms with Gasteiger partial charge in [-0.15, -0.1) is 0 Å². The van der Waals surface area contributed by atoms with Crippen LogP contribution in [0.2, 0.25) is 0 Å². The number of nitrogens with one attached hydrogen (secondary N) is 1. The van der Waals surface area contributed by atoms with Gasteiger partial charge in [0.25, 0.3) is 5.91 Å². The number of rotatable bonds is 8. The molecule has 0 saturated heterocycles. The molecule has 28 heavy (non-hydrogen) atoms. The predicted molar refractivity (Wildman–Crippen MR) is 114 cm³/mol. The standard InChI is InChI=1S/C23H30N2O3/c1-6-25(7-2)19-13-11-18(12-14-19)23(27)28-15-21(26)24-22-17(5)9-8-10-20(22)16(3)4/h8-14,16H,6-7,15H2,1-5H3,(H,24,26). The molecule has 2 aromatic carbocycles. The van der Waals surface area contributed by atoms with E-state index in [4.69, 9.17) is 4.74 Å². The lowest BCUT2D eigenvalue weighted by atomic mass is 9.98. The van der Waals surface area contributed by atoms with Gasteiger partial charge in [0.05, 0.1) is 5.56 Å². The highest BCUT2D eigenvalue weighted by Crippen LogP contribution is 2.27. The van der Waals surface area contributed by atoms with Crippen LogP contribution in [-0.4, -0.2) is 31.6 Å². The van der Waals surface area contributed by atoms with Crippen LogP contribution in [0, 0.1) is 6.92 Å². The van der Waals surface area contributed by atoms with E-state index < -0.39 is 5.97 Å². The molecule has 0 aliphatic heterocycles. The molecule has 2 aromatic rings. The molecule has 0 aliphatic rings. The highest BCUT2D eigenvalue weighted by Gasteiger charge is 2.14. The lowest BCUT2D eigenvalue weighted by molar-refractivity contribution is -0.119. The van der Waals surface area contributed by atoms with Crippen LogP contribution in [0.3, 0.4) is 0 Å². The summed E-state index contributed by atoms with van der Waals surface area (Å²) >= 11 is 0. The first-order chi connectivity index (χ1) is 13.4. The topological polar surface area (TPSA) is 58.6 Å². The molecule has 1 N–H and O–H groups in total. The minimum atomic E-state index is -0.505. The molecule has 0 bridgehead atoms. The molecule has 0 spiro atoms. The molecule has 5 heteroatoms. The molecule has 0 saturated carbocycles. The molecule has 1 amide bonds. The first-order valence-corrected chi connectivity index (χ1v) is 9.78. The van der Waals surface area contributed by atoms with Gasteiger partial charge in [0.15, 0.2) is 6.61 Å². The minimum Gasteiger partial charge on any atom is -0.452 e. The zero-order chi connectivity index (χ0) is 20.7. The smallest absolute Gasteiger partial charge is 0.338 e. The molecule has 0 aliphatic carbocycles. The van der Waals surface area contributed by atoms with E-state index in [1.54, 1.807) is 12.1 Å². The van der Waals surface area contributed by atoms with Gasteiger partial charge >= 0.3 is 5.97 Å². The van der Waals surface area contributed by atoms with Crippen molar-refractivity contribution in [2.24, 2.45) is 0 Å². The summed E-state index contributed by atoms with van der Waals surface area (Å²) in [7, 11) is 0. The van der Waals surface area contributed by atoms with Crippen molar-refractivity contribution in [1.82, 2.24) is 0 Å². The summed E-state index contributed by atoms with van der Waals surface area (Å²) in [5.74, 6) is -0.568. The highest BCUT2D eigenvalue weighted by atomic mass is 16.5. The van der Waals surface area contributed by atoms with E-state index >= 15 is 0 Å².